The van der Waals surface area contributed by atoms with Crippen LogP contribution in [0.4, 0.5) is 0 Å². The molecule has 3 heteroatoms. The molecule has 17 heavy (non-hydrogen) atoms. The highest BCUT2D eigenvalue weighted by Crippen LogP contribution is 2.39. The Kier molecular flexibility index (Phi) is 3.60. The largest absolute Gasteiger partial charge is 0.389 e. The van der Waals surface area contributed by atoms with Crippen LogP contribution in [-0.4, -0.2) is 15.7 Å². The second kappa shape index (κ2) is 4.69. The summed E-state index contributed by atoms with van der Waals surface area (Å²) in [6.45, 7) is 8.62. The first-order valence-corrected chi connectivity index (χ1v) is 7.37. The van der Waals surface area contributed by atoms with Crippen molar-refractivity contribution in [1.29, 1.82) is 0 Å². The minimum absolute atomic E-state index is 0.385. The van der Waals surface area contributed by atoms with Gasteiger partial charge in [0.2, 0.25) is 0 Å². The summed E-state index contributed by atoms with van der Waals surface area (Å²) in [5.41, 5.74) is 0.592. The Morgan fingerprint density at radius 1 is 1.41 bits per heavy atom. The summed E-state index contributed by atoms with van der Waals surface area (Å²) in [5.74, 6) is 1.14. The standard InChI is InChI=1S/C14H23NOS/c1-9-5-6-14(16,10(2)7-9)8-13-15-11(3)12(4)17-13/h9-10,16H,5-8H2,1-4H3. The summed E-state index contributed by atoms with van der Waals surface area (Å²) in [7, 11) is 0. The van der Waals surface area contributed by atoms with E-state index in [9.17, 15) is 5.11 Å². The van der Waals surface area contributed by atoms with E-state index in [4.69, 9.17) is 0 Å². The Labute approximate surface area is 108 Å². The van der Waals surface area contributed by atoms with Gasteiger partial charge in [0.25, 0.3) is 0 Å². The molecule has 0 bridgehead atoms. The molecule has 0 aromatic carbocycles. The fourth-order valence-electron chi connectivity index (χ4n) is 2.82. The molecule has 1 aliphatic carbocycles. The third-order valence-electron chi connectivity index (χ3n) is 4.27. The van der Waals surface area contributed by atoms with E-state index in [0.29, 0.717) is 5.92 Å². The van der Waals surface area contributed by atoms with E-state index in [1.807, 2.05) is 6.92 Å². The summed E-state index contributed by atoms with van der Waals surface area (Å²) in [6.07, 6.45) is 3.94. The van der Waals surface area contributed by atoms with Gasteiger partial charge in [-0.2, -0.15) is 0 Å². The molecule has 1 fully saturated rings. The monoisotopic (exact) mass is 253 g/mol. The van der Waals surface area contributed by atoms with Crippen molar-refractivity contribution in [2.75, 3.05) is 0 Å². The number of hydrogen-bond acceptors (Lipinski definition) is 3. The number of nitrogens with zero attached hydrogens (tertiary/aromatic N) is 1. The summed E-state index contributed by atoms with van der Waals surface area (Å²) < 4.78 is 0. The van der Waals surface area contributed by atoms with Gasteiger partial charge < -0.3 is 5.11 Å². The molecule has 2 nitrogen and oxygen atoms in total. The first-order chi connectivity index (χ1) is 7.90. The quantitative estimate of drug-likeness (QED) is 0.875. The van der Waals surface area contributed by atoms with E-state index < -0.39 is 5.60 Å². The van der Waals surface area contributed by atoms with E-state index in [0.717, 1.165) is 42.3 Å². The third-order valence-corrected chi connectivity index (χ3v) is 5.35. The fraction of sp³-hybridized carbons (Fsp3) is 0.786. The lowest BCUT2D eigenvalue weighted by atomic mass is 9.71. The number of rotatable bonds is 2. The smallest absolute Gasteiger partial charge is 0.0959 e. The lowest BCUT2D eigenvalue weighted by Crippen LogP contribution is -2.43. The van der Waals surface area contributed by atoms with Crippen molar-refractivity contribution in [2.45, 2.75) is 59.0 Å². The van der Waals surface area contributed by atoms with Gasteiger partial charge in [-0.25, -0.2) is 4.98 Å². The maximum absolute atomic E-state index is 10.8. The Hall–Kier alpha value is -0.410. The van der Waals surface area contributed by atoms with Gasteiger partial charge in [0.1, 0.15) is 0 Å². The van der Waals surface area contributed by atoms with Crippen LogP contribution in [-0.2, 0) is 6.42 Å². The van der Waals surface area contributed by atoms with Gasteiger partial charge in [0.15, 0.2) is 0 Å². The Morgan fingerprint density at radius 2 is 2.12 bits per heavy atom. The molecule has 1 aliphatic rings. The predicted molar refractivity (Wildman–Crippen MR) is 72.4 cm³/mol. The summed E-state index contributed by atoms with van der Waals surface area (Å²) in [4.78, 5) is 5.84. The van der Waals surface area contributed by atoms with E-state index in [2.05, 4.69) is 25.8 Å². The number of aromatic nitrogens is 1. The molecular weight excluding hydrogens is 230 g/mol. The van der Waals surface area contributed by atoms with Crippen LogP contribution in [0.25, 0.3) is 0 Å². The van der Waals surface area contributed by atoms with Crippen molar-refractivity contribution in [2.24, 2.45) is 11.8 Å². The Morgan fingerprint density at radius 3 is 2.65 bits per heavy atom. The molecule has 0 spiro atoms. The van der Waals surface area contributed by atoms with Crippen molar-refractivity contribution in [3.63, 3.8) is 0 Å². The fourth-order valence-corrected chi connectivity index (χ4v) is 3.87. The van der Waals surface area contributed by atoms with Crippen molar-refractivity contribution >= 4 is 11.3 Å². The zero-order valence-electron chi connectivity index (χ0n) is 11.3. The van der Waals surface area contributed by atoms with Crippen LogP contribution in [0, 0.1) is 25.7 Å². The highest BCUT2D eigenvalue weighted by molar-refractivity contribution is 7.11. The molecule has 0 amide bonds. The molecule has 1 N–H and O–H groups in total. The predicted octanol–water partition coefficient (Wildman–Crippen LogP) is 3.49. The SMILES string of the molecule is Cc1nc(CC2(O)CCC(C)CC2C)sc1C. The number of aliphatic hydroxyl groups is 1. The summed E-state index contributed by atoms with van der Waals surface area (Å²) in [5, 5.41) is 11.9. The van der Waals surface area contributed by atoms with Crippen LogP contribution < -0.4 is 0 Å². The molecule has 2 rings (SSSR count). The molecule has 96 valence electrons. The van der Waals surface area contributed by atoms with Crippen molar-refractivity contribution in [3.8, 4) is 0 Å². The van der Waals surface area contributed by atoms with Gasteiger partial charge in [-0.3, -0.25) is 0 Å². The van der Waals surface area contributed by atoms with Gasteiger partial charge in [-0.05, 0) is 44.9 Å². The minimum atomic E-state index is -0.525. The van der Waals surface area contributed by atoms with E-state index in [1.165, 1.54) is 4.88 Å². The first-order valence-electron chi connectivity index (χ1n) is 6.56. The summed E-state index contributed by atoms with van der Waals surface area (Å²) >= 11 is 1.74. The molecule has 1 aromatic rings. The molecule has 0 saturated heterocycles. The number of hydrogen-bond donors (Lipinski definition) is 1. The highest BCUT2D eigenvalue weighted by atomic mass is 32.1. The second-order valence-corrected chi connectivity index (χ2v) is 7.10. The van der Waals surface area contributed by atoms with Crippen molar-refractivity contribution < 1.29 is 5.11 Å². The highest BCUT2D eigenvalue weighted by Gasteiger charge is 2.39. The van der Waals surface area contributed by atoms with Crippen LogP contribution in [0.2, 0.25) is 0 Å². The average molecular weight is 253 g/mol. The lowest BCUT2D eigenvalue weighted by molar-refractivity contribution is -0.0522. The zero-order valence-corrected chi connectivity index (χ0v) is 12.1. The maximum atomic E-state index is 10.8. The normalized spacial score (nSPS) is 33.9. The number of thiazole rings is 1. The van der Waals surface area contributed by atoms with E-state index in [1.54, 1.807) is 11.3 Å². The van der Waals surface area contributed by atoms with Gasteiger partial charge in [0, 0.05) is 11.3 Å². The van der Waals surface area contributed by atoms with Gasteiger partial charge >= 0.3 is 0 Å². The van der Waals surface area contributed by atoms with Gasteiger partial charge in [-0.1, -0.05) is 13.8 Å². The number of aryl methyl sites for hydroxylation is 2. The van der Waals surface area contributed by atoms with Crippen LogP contribution in [0.1, 0.15) is 48.7 Å². The molecule has 0 radical (unpaired) electrons. The van der Waals surface area contributed by atoms with E-state index >= 15 is 0 Å². The van der Waals surface area contributed by atoms with E-state index in [-0.39, 0.29) is 0 Å². The molecule has 1 aromatic heterocycles. The molecular formula is C14H23NOS. The molecule has 3 atom stereocenters. The van der Waals surface area contributed by atoms with Crippen LogP contribution in [0.5, 0.6) is 0 Å². The third kappa shape index (κ3) is 2.71. The van der Waals surface area contributed by atoms with Crippen LogP contribution in [0.15, 0.2) is 0 Å². The molecule has 1 saturated carbocycles. The first kappa shape index (κ1) is 13.0. The zero-order chi connectivity index (χ0) is 12.6. The summed E-state index contributed by atoms with van der Waals surface area (Å²) in [6, 6.07) is 0. The van der Waals surface area contributed by atoms with Crippen molar-refractivity contribution in [3.05, 3.63) is 15.6 Å². The van der Waals surface area contributed by atoms with Crippen LogP contribution in [0.3, 0.4) is 0 Å². The van der Waals surface area contributed by atoms with Crippen LogP contribution >= 0.6 is 11.3 Å². The van der Waals surface area contributed by atoms with Crippen molar-refractivity contribution in [1.82, 2.24) is 4.98 Å². The minimum Gasteiger partial charge on any atom is -0.389 e. The molecule has 1 heterocycles. The second-order valence-electron chi connectivity index (χ2n) is 5.81. The Balaban J connectivity index is 2.11. The lowest BCUT2D eigenvalue weighted by Gasteiger charge is -2.40. The van der Waals surface area contributed by atoms with Gasteiger partial charge in [-0.15, -0.1) is 11.3 Å². The maximum Gasteiger partial charge on any atom is 0.0959 e. The molecule has 3 unspecified atom stereocenters. The van der Waals surface area contributed by atoms with Gasteiger partial charge in [0.05, 0.1) is 16.3 Å². The molecule has 0 aliphatic heterocycles. The average Bonchev–Trinajstić information content (AvgIpc) is 2.53. The Bertz CT molecular complexity index is 381. The topological polar surface area (TPSA) is 33.1 Å².